The number of pyridine rings is 1. The molecule has 1 aliphatic rings. The molecule has 0 saturated carbocycles. The zero-order valence-electron chi connectivity index (χ0n) is 10.5. The molecular weight excluding hydrogens is 257 g/mol. The van der Waals surface area contributed by atoms with Gasteiger partial charge in [-0.2, -0.15) is 16.9 Å². The summed E-state index contributed by atoms with van der Waals surface area (Å²) in [5, 5.41) is 16.5. The molecule has 4 nitrogen and oxygen atoms in total. The summed E-state index contributed by atoms with van der Waals surface area (Å²) in [5.74, 6) is 2.24. The standard InChI is InChI=1S/C12H13N3OS.Na/c1-2-8-3-4-13-11(5-8)15-12(16)9-6-17-7-10(9)14-15;/h3-5,16H,2,6-7H2,1H3;/q;+1/p-1. The summed E-state index contributed by atoms with van der Waals surface area (Å²) in [6, 6.07) is 3.89. The van der Waals surface area contributed by atoms with Crippen molar-refractivity contribution in [1.29, 1.82) is 0 Å². The predicted octanol–water partition coefficient (Wildman–Crippen LogP) is -1.35. The summed E-state index contributed by atoms with van der Waals surface area (Å²) in [7, 11) is 0. The van der Waals surface area contributed by atoms with Crippen LogP contribution in [0.4, 0.5) is 0 Å². The molecule has 0 amide bonds. The average molecular weight is 269 g/mol. The van der Waals surface area contributed by atoms with Gasteiger partial charge in [-0.3, -0.25) is 0 Å². The van der Waals surface area contributed by atoms with E-state index in [2.05, 4.69) is 17.0 Å². The number of fused-ring (bicyclic) bond motifs is 1. The van der Waals surface area contributed by atoms with Crippen LogP contribution < -0.4 is 34.7 Å². The van der Waals surface area contributed by atoms with Gasteiger partial charge in [0.05, 0.1) is 5.69 Å². The third-order valence-corrected chi connectivity index (χ3v) is 3.91. The number of thioether (sulfide) groups is 1. The van der Waals surface area contributed by atoms with Crippen molar-refractivity contribution in [2.75, 3.05) is 0 Å². The van der Waals surface area contributed by atoms with Gasteiger partial charge < -0.3 is 5.11 Å². The maximum atomic E-state index is 12.1. The average Bonchev–Trinajstić information content (AvgIpc) is 2.93. The number of rotatable bonds is 2. The zero-order chi connectivity index (χ0) is 11.8. The van der Waals surface area contributed by atoms with Gasteiger partial charge in [-0.25, -0.2) is 9.67 Å². The Morgan fingerprint density at radius 3 is 3.00 bits per heavy atom. The van der Waals surface area contributed by atoms with Crippen molar-refractivity contribution < 1.29 is 34.7 Å². The SMILES string of the molecule is CCc1ccnc(-n2nc3c(c2[O-])CSC3)c1.[Na+]. The predicted molar refractivity (Wildman–Crippen MR) is 65.2 cm³/mol. The normalized spacial score (nSPS) is 13.2. The van der Waals surface area contributed by atoms with Crippen LogP contribution in [0.1, 0.15) is 23.7 Å². The van der Waals surface area contributed by atoms with Gasteiger partial charge in [-0.15, -0.1) is 0 Å². The monoisotopic (exact) mass is 269 g/mol. The molecule has 0 aliphatic carbocycles. The number of hydrogen-bond acceptors (Lipinski definition) is 4. The molecule has 3 heterocycles. The Morgan fingerprint density at radius 1 is 1.44 bits per heavy atom. The maximum absolute atomic E-state index is 12.1. The molecule has 0 spiro atoms. The van der Waals surface area contributed by atoms with Crippen molar-refractivity contribution in [3.05, 3.63) is 35.2 Å². The first-order chi connectivity index (χ1) is 8.29. The molecule has 0 aromatic carbocycles. The van der Waals surface area contributed by atoms with Crippen LogP contribution in [-0.4, -0.2) is 14.8 Å². The maximum Gasteiger partial charge on any atom is 1.00 e. The fraction of sp³-hybridized carbons (Fsp3) is 0.333. The van der Waals surface area contributed by atoms with E-state index in [-0.39, 0.29) is 35.4 Å². The number of aryl methyl sites for hydroxylation is 1. The molecule has 3 rings (SSSR count). The van der Waals surface area contributed by atoms with E-state index in [0.717, 1.165) is 29.2 Å². The van der Waals surface area contributed by atoms with Crippen LogP contribution in [-0.2, 0) is 17.9 Å². The van der Waals surface area contributed by atoms with Crippen LogP contribution in [0.2, 0.25) is 0 Å². The Balaban J connectivity index is 0.00000120. The van der Waals surface area contributed by atoms with Crippen LogP contribution in [0.3, 0.4) is 0 Å². The fourth-order valence-electron chi connectivity index (χ4n) is 1.94. The first kappa shape index (κ1) is 13.9. The van der Waals surface area contributed by atoms with Crippen LogP contribution in [0.25, 0.3) is 5.82 Å². The first-order valence-electron chi connectivity index (χ1n) is 5.60. The molecule has 0 N–H and O–H groups in total. The minimum absolute atomic E-state index is 0. The molecule has 0 fully saturated rings. The summed E-state index contributed by atoms with van der Waals surface area (Å²) >= 11 is 1.74. The molecule has 2 aromatic heterocycles. The summed E-state index contributed by atoms with van der Waals surface area (Å²) < 4.78 is 1.43. The number of aromatic nitrogens is 3. The minimum atomic E-state index is -0.00856. The topological polar surface area (TPSA) is 53.8 Å². The van der Waals surface area contributed by atoms with Gasteiger partial charge in [-0.1, -0.05) is 6.92 Å². The van der Waals surface area contributed by atoms with E-state index in [0.29, 0.717) is 5.82 Å². The van der Waals surface area contributed by atoms with E-state index in [1.54, 1.807) is 18.0 Å². The molecule has 0 unspecified atom stereocenters. The Bertz CT molecular complexity index is 570. The van der Waals surface area contributed by atoms with E-state index < -0.39 is 0 Å². The van der Waals surface area contributed by atoms with Gasteiger partial charge >= 0.3 is 29.6 Å². The molecular formula is C12H12N3NaOS. The van der Waals surface area contributed by atoms with Crippen molar-refractivity contribution >= 4 is 11.8 Å². The van der Waals surface area contributed by atoms with Gasteiger partial charge in [0.2, 0.25) is 0 Å². The molecule has 0 saturated heterocycles. The second-order valence-corrected chi connectivity index (χ2v) is 5.00. The van der Waals surface area contributed by atoms with Crippen molar-refractivity contribution in [1.82, 2.24) is 14.8 Å². The summed E-state index contributed by atoms with van der Waals surface area (Å²) in [5.41, 5.74) is 2.93. The molecule has 1 aliphatic heterocycles. The number of hydrogen-bond donors (Lipinski definition) is 0. The van der Waals surface area contributed by atoms with Crippen LogP contribution in [0.5, 0.6) is 5.88 Å². The Morgan fingerprint density at radius 2 is 2.28 bits per heavy atom. The van der Waals surface area contributed by atoms with Gasteiger partial charge in [0.25, 0.3) is 0 Å². The second kappa shape index (κ2) is 5.65. The van der Waals surface area contributed by atoms with Crippen molar-refractivity contribution in [3.63, 3.8) is 0 Å². The van der Waals surface area contributed by atoms with Crippen molar-refractivity contribution in [3.8, 4) is 11.7 Å². The van der Waals surface area contributed by atoms with E-state index in [9.17, 15) is 5.11 Å². The molecule has 88 valence electrons. The first-order valence-corrected chi connectivity index (χ1v) is 6.76. The third kappa shape index (κ3) is 2.32. The van der Waals surface area contributed by atoms with Gasteiger partial charge in [0, 0.05) is 17.7 Å². The van der Waals surface area contributed by atoms with Gasteiger partial charge in [0.1, 0.15) is 0 Å². The smallest absolute Gasteiger partial charge is 0.858 e. The molecule has 0 radical (unpaired) electrons. The summed E-state index contributed by atoms with van der Waals surface area (Å²) in [6.07, 6.45) is 2.66. The molecule has 6 heteroatoms. The van der Waals surface area contributed by atoms with E-state index in [1.165, 1.54) is 10.2 Å². The van der Waals surface area contributed by atoms with Crippen molar-refractivity contribution in [2.24, 2.45) is 0 Å². The van der Waals surface area contributed by atoms with E-state index in [1.807, 2.05) is 12.1 Å². The van der Waals surface area contributed by atoms with Crippen LogP contribution >= 0.6 is 11.8 Å². The van der Waals surface area contributed by atoms with Crippen LogP contribution in [0.15, 0.2) is 18.3 Å². The fourth-order valence-corrected chi connectivity index (χ4v) is 2.96. The molecule has 2 aromatic rings. The molecule has 0 bridgehead atoms. The van der Waals surface area contributed by atoms with E-state index >= 15 is 0 Å². The molecule has 18 heavy (non-hydrogen) atoms. The Kier molecular flexibility index (Phi) is 4.37. The van der Waals surface area contributed by atoms with Gasteiger partial charge in [0.15, 0.2) is 5.82 Å². The zero-order valence-corrected chi connectivity index (χ0v) is 13.3. The third-order valence-electron chi connectivity index (χ3n) is 2.94. The van der Waals surface area contributed by atoms with E-state index in [4.69, 9.17) is 0 Å². The summed E-state index contributed by atoms with van der Waals surface area (Å²) in [6.45, 7) is 2.08. The number of nitrogens with zero attached hydrogens (tertiary/aromatic N) is 3. The van der Waals surface area contributed by atoms with Gasteiger partial charge in [-0.05, 0) is 35.6 Å². The Labute approximate surface area is 132 Å². The largest absolute Gasteiger partial charge is 1.00 e. The summed E-state index contributed by atoms with van der Waals surface area (Å²) in [4.78, 5) is 4.22. The second-order valence-electron chi connectivity index (χ2n) is 4.01. The quantitative estimate of drug-likeness (QED) is 0.633. The van der Waals surface area contributed by atoms with Crippen molar-refractivity contribution in [2.45, 2.75) is 24.9 Å². The van der Waals surface area contributed by atoms with Crippen LogP contribution in [0, 0.1) is 0 Å². The Hall–Kier alpha value is -0.490. The molecule has 0 atom stereocenters. The minimum Gasteiger partial charge on any atom is -0.858 e.